The summed E-state index contributed by atoms with van der Waals surface area (Å²) in [5, 5.41) is 15.8. The van der Waals surface area contributed by atoms with Gasteiger partial charge in [-0.05, 0) is 6.92 Å². The number of rotatable bonds is 0. The van der Waals surface area contributed by atoms with Crippen molar-refractivity contribution in [3.63, 3.8) is 0 Å². The van der Waals surface area contributed by atoms with Gasteiger partial charge in [-0.25, -0.2) is 0 Å². The SMILES string of the molecule is Cc1nc(N)n(O)c(=N)n1. The predicted octanol–water partition coefficient (Wildman–Crippen LogP) is -1.11. The van der Waals surface area contributed by atoms with Gasteiger partial charge in [0.05, 0.1) is 0 Å². The van der Waals surface area contributed by atoms with Crippen LogP contribution < -0.4 is 11.4 Å². The summed E-state index contributed by atoms with van der Waals surface area (Å²) in [5.41, 5.74) is 4.85. The van der Waals surface area contributed by atoms with Crippen LogP contribution in [-0.2, 0) is 0 Å². The first-order chi connectivity index (χ1) is 4.61. The van der Waals surface area contributed by atoms with E-state index in [-0.39, 0.29) is 11.6 Å². The molecule has 0 atom stereocenters. The molecule has 1 rings (SSSR count). The Hall–Kier alpha value is -1.59. The van der Waals surface area contributed by atoms with Crippen LogP contribution in [0, 0.1) is 12.3 Å². The van der Waals surface area contributed by atoms with E-state index in [0.717, 1.165) is 0 Å². The molecule has 0 unspecified atom stereocenters. The Morgan fingerprint density at radius 2 is 2.20 bits per heavy atom. The molecule has 10 heavy (non-hydrogen) atoms. The summed E-state index contributed by atoms with van der Waals surface area (Å²) < 4.78 is 0.410. The average Bonchev–Trinajstić information content (AvgIpc) is 1.82. The molecule has 0 aromatic carbocycles. The fraction of sp³-hybridized carbons (Fsp3) is 0.250. The van der Waals surface area contributed by atoms with E-state index in [0.29, 0.717) is 10.6 Å². The van der Waals surface area contributed by atoms with Gasteiger partial charge in [-0.1, -0.05) is 0 Å². The highest BCUT2D eigenvalue weighted by Crippen LogP contribution is 1.87. The molecule has 0 bridgehead atoms. The lowest BCUT2D eigenvalue weighted by atomic mass is 10.7. The van der Waals surface area contributed by atoms with Gasteiger partial charge >= 0.3 is 0 Å². The Bertz CT molecular complexity index is 303. The smallest absolute Gasteiger partial charge is 0.261 e. The van der Waals surface area contributed by atoms with Crippen molar-refractivity contribution in [3.8, 4) is 0 Å². The summed E-state index contributed by atoms with van der Waals surface area (Å²) in [5.74, 6) is 0.241. The van der Waals surface area contributed by atoms with Crippen molar-refractivity contribution in [1.29, 1.82) is 5.41 Å². The second-order valence-electron chi connectivity index (χ2n) is 1.76. The van der Waals surface area contributed by atoms with E-state index in [1.807, 2.05) is 0 Å². The molecule has 0 aliphatic heterocycles. The first-order valence-corrected chi connectivity index (χ1v) is 2.58. The van der Waals surface area contributed by atoms with Crippen molar-refractivity contribution in [2.45, 2.75) is 6.92 Å². The molecule has 54 valence electrons. The molecule has 6 nitrogen and oxygen atoms in total. The number of nitrogens with zero attached hydrogens (tertiary/aromatic N) is 3. The van der Waals surface area contributed by atoms with E-state index in [1.54, 1.807) is 6.92 Å². The lowest BCUT2D eigenvalue weighted by molar-refractivity contribution is 0.167. The van der Waals surface area contributed by atoms with Crippen LogP contribution in [0.3, 0.4) is 0 Å². The van der Waals surface area contributed by atoms with Crippen molar-refractivity contribution in [2.75, 3.05) is 5.73 Å². The fourth-order valence-corrected chi connectivity index (χ4v) is 0.547. The van der Waals surface area contributed by atoms with Crippen LogP contribution in [0.5, 0.6) is 0 Å². The van der Waals surface area contributed by atoms with Gasteiger partial charge in [-0.15, -0.1) is 4.73 Å². The van der Waals surface area contributed by atoms with E-state index >= 15 is 0 Å². The summed E-state index contributed by atoms with van der Waals surface area (Å²) in [4.78, 5) is 7.12. The Labute approximate surface area is 56.4 Å². The number of nitrogens with one attached hydrogen (secondary N) is 1. The summed E-state index contributed by atoms with van der Waals surface area (Å²) in [6.07, 6.45) is 0. The molecular formula is C4H7N5O. The van der Waals surface area contributed by atoms with Gasteiger partial charge in [0.1, 0.15) is 5.82 Å². The van der Waals surface area contributed by atoms with E-state index in [1.165, 1.54) is 0 Å². The van der Waals surface area contributed by atoms with Gasteiger partial charge in [0.25, 0.3) is 5.62 Å². The summed E-state index contributed by atoms with van der Waals surface area (Å²) in [7, 11) is 0. The number of anilines is 1. The molecule has 1 aromatic heterocycles. The highest BCUT2D eigenvalue weighted by atomic mass is 16.5. The largest absolute Gasteiger partial charge is 0.422 e. The first-order valence-electron chi connectivity index (χ1n) is 2.58. The Kier molecular flexibility index (Phi) is 1.29. The summed E-state index contributed by atoms with van der Waals surface area (Å²) in [6.45, 7) is 1.59. The zero-order valence-corrected chi connectivity index (χ0v) is 5.37. The van der Waals surface area contributed by atoms with Gasteiger partial charge in [-0.2, -0.15) is 9.97 Å². The maximum atomic E-state index is 8.81. The van der Waals surface area contributed by atoms with Crippen LogP contribution >= 0.6 is 0 Å². The van der Waals surface area contributed by atoms with Crippen LogP contribution in [0.2, 0.25) is 0 Å². The molecule has 0 aliphatic carbocycles. The van der Waals surface area contributed by atoms with Crippen LogP contribution in [0.25, 0.3) is 0 Å². The number of aromatic nitrogens is 3. The number of hydrogen-bond acceptors (Lipinski definition) is 5. The van der Waals surface area contributed by atoms with Gasteiger partial charge in [0, 0.05) is 0 Å². The third-order valence-electron chi connectivity index (χ3n) is 0.962. The number of hydrogen-bond donors (Lipinski definition) is 3. The van der Waals surface area contributed by atoms with E-state index < -0.39 is 0 Å². The first kappa shape index (κ1) is 6.53. The van der Waals surface area contributed by atoms with Gasteiger partial charge in [0.15, 0.2) is 0 Å². The molecule has 0 saturated carbocycles. The van der Waals surface area contributed by atoms with Gasteiger partial charge in [0.2, 0.25) is 5.95 Å². The minimum Gasteiger partial charge on any atom is -0.422 e. The van der Waals surface area contributed by atoms with Crippen molar-refractivity contribution >= 4 is 5.95 Å². The third-order valence-corrected chi connectivity index (χ3v) is 0.962. The Morgan fingerprint density at radius 3 is 2.70 bits per heavy atom. The standard InChI is InChI=1S/C4H7N5O/c1-2-7-3(5)9(10)4(6)8-2/h10H,1H3,(H3,5,6,7,8). The van der Waals surface area contributed by atoms with E-state index in [9.17, 15) is 0 Å². The predicted molar refractivity (Wildman–Crippen MR) is 32.2 cm³/mol. The summed E-state index contributed by atoms with van der Waals surface area (Å²) >= 11 is 0. The van der Waals surface area contributed by atoms with E-state index in [2.05, 4.69) is 9.97 Å². The van der Waals surface area contributed by atoms with Crippen LogP contribution in [0.15, 0.2) is 0 Å². The Morgan fingerprint density at radius 1 is 1.60 bits per heavy atom. The van der Waals surface area contributed by atoms with Crippen LogP contribution in [0.4, 0.5) is 5.95 Å². The third kappa shape index (κ3) is 0.903. The van der Waals surface area contributed by atoms with Gasteiger partial charge < -0.3 is 10.9 Å². The maximum absolute atomic E-state index is 8.81. The van der Waals surface area contributed by atoms with Crippen LogP contribution in [0.1, 0.15) is 5.82 Å². The topological polar surface area (TPSA) is 101 Å². The molecule has 0 saturated heterocycles. The molecule has 6 heteroatoms. The Balaban J connectivity index is 3.46. The number of aryl methyl sites for hydroxylation is 1. The molecule has 0 aliphatic rings. The van der Waals surface area contributed by atoms with Crippen LogP contribution in [-0.4, -0.2) is 19.9 Å². The van der Waals surface area contributed by atoms with Crippen molar-refractivity contribution in [2.24, 2.45) is 0 Å². The minimum absolute atomic E-state index is 0.127. The second kappa shape index (κ2) is 1.98. The monoisotopic (exact) mass is 141 g/mol. The van der Waals surface area contributed by atoms with E-state index in [4.69, 9.17) is 16.4 Å². The van der Waals surface area contributed by atoms with Gasteiger partial charge in [-0.3, -0.25) is 5.41 Å². The summed E-state index contributed by atoms with van der Waals surface area (Å²) in [6, 6.07) is 0. The molecule has 1 heterocycles. The number of nitrogens with two attached hydrogens (primary N) is 1. The zero-order valence-electron chi connectivity index (χ0n) is 5.37. The molecule has 4 N–H and O–H groups in total. The fourth-order valence-electron chi connectivity index (χ4n) is 0.547. The number of nitrogen functional groups attached to an aromatic ring is 1. The molecule has 1 aromatic rings. The molecule has 0 radical (unpaired) electrons. The molecule has 0 spiro atoms. The normalized spacial score (nSPS) is 9.70. The molecule has 0 fully saturated rings. The van der Waals surface area contributed by atoms with Crippen molar-refractivity contribution in [3.05, 3.63) is 11.4 Å². The zero-order chi connectivity index (χ0) is 7.72. The molecule has 0 amide bonds. The maximum Gasteiger partial charge on any atom is 0.261 e. The molecular weight excluding hydrogens is 134 g/mol. The highest BCUT2D eigenvalue weighted by Gasteiger charge is 1.97. The quantitative estimate of drug-likeness (QED) is 0.398. The highest BCUT2D eigenvalue weighted by molar-refractivity contribution is 5.13. The van der Waals surface area contributed by atoms with Crippen molar-refractivity contribution in [1.82, 2.24) is 14.7 Å². The lowest BCUT2D eigenvalue weighted by Gasteiger charge is -1.99. The van der Waals surface area contributed by atoms with Crippen molar-refractivity contribution < 1.29 is 5.21 Å². The lowest BCUT2D eigenvalue weighted by Crippen LogP contribution is -2.25. The second-order valence-corrected chi connectivity index (χ2v) is 1.76. The minimum atomic E-state index is -0.315. The average molecular weight is 141 g/mol.